The monoisotopic (exact) mass is 212 g/mol. The fourth-order valence-electron chi connectivity index (χ4n) is 1.72. The molecule has 0 radical (unpaired) electrons. The van der Waals surface area contributed by atoms with E-state index >= 15 is 0 Å². The van der Waals surface area contributed by atoms with Crippen LogP contribution in [0.5, 0.6) is 5.75 Å². The highest BCUT2D eigenvalue weighted by molar-refractivity contribution is 5.78. The third-order valence-electron chi connectivity index (χ3n) is 2.41. The van der Waals surface area contributed by atoms with Gasteiger partial charge in [0.05, 0.1) is 6.61 Å². The Bertz CT molecular complexity index is 427. The summed E-state index contributed by atoms with van der Waals surface area (Å²) in [6, 6.07) is 1.16. The van der Waals surface area contributed by atoms with Crippen LogP contribution in [0.4, 0.5) is 8.78 Å². The predicted molar refractivity (Wildman–Crippen MR) is 49.9 cm³/mol. The highest BCUT2D eigenvalue weighted by Crippen LogP contribution is 2.31. The molecule has 0 N–H and O–H groups in total. The van der Waals surface area contributed by atoms with Crippen LogP contribution in [0.15, 0.2) is 6.07 Å². The number of Topliss-reactive ketones (excluding diaryl/α,β-unsaturated/α-hetero) is 1. The van der Waals surface area contributed by atoms with E-state index in [1.807, 2.05) is 0 Å². The number of carbonyl (C=O) groups excluding carboxylic acids is 1. The van der Waals surface area contributed by atoms with Crippen LogP contribution in [0.3, 0.4) is 0 Å². The zero-order valence-electron chi connectivity index (χ0n) is 8.27. The van der Waals surface area contributed by atoms with Gasteiger partial charge in [-0.2, -0.15) is 0 Å². The Morgan fingerprint density at radius 1 is 1.53 bits per heavy atom. The minimum absolute atomic E-state index is 0.147. The van der Waals surface area contributed by atoms with Gasteiger partial charge < -0.3 is 4.74 Å². The van der Waals surface area contributed by atoms with Crippen molar-refractivity contribution in [2.45, 2.75) is 19.8 Å². The maximum absolute atomic E-state index is 13.7. The van der Waals surface area contributed by atoms with Gasteiger partial charge in [0.15, 0.2) is 0 Å². The van der Waals surface area contributed by atoms with Gasteiger partial charge in [-0.3, -0.25) is 4.79 Å². The molecule has 1 aromatic rings. The van der Waals surface area contributed by atoms with Crippen LogP contribution in [0, 0.1) is 11.6 Å². The number of halogens is 2. The second-order valence-corrected chi connectivity index (χ2v) is 3.60. The van der Waals surface area contributed by atoms with Gasteiger partial charge in [0.2, 0.25) is 0 Å². The Kier molecular flexibility index (Phi) is 2.42. The van der Waals surface area contributed by atoms with Gasteiger partial charge in [-0.15, -0.1) is 0 Å². The van der Waals surface area contributed by atoms with Crippen molar-refractivity contribution in [3.05, 3.63) is 28.8 Å². The first-order chi connectivity index (χ1) is 7.09. The van der Waals surface area contributed by atoms with Crippen molar-refractivity contribution in [2.24, 2.45) is 0 Å². The van der Waals surface area contributed by atoms with Crippen LogP contribution in [-0.4, -0.2) is 12.4 Å². The van der Waals surface area contributed by atoms with E-state index in [1.165, 1.54) is 6.92 Å². The molecule has 1 heterocycles. The number of ketones is 1. The summed E-state index contributed by atoms with van der Waals surface area (Å²) in [4.78, 5) is 10.9. The number of carbonyl (C=O) groups is 1. The summed E-state index contributed by atoms with van der Waals surface area (Å²) in [7, 11) is 0. The number of hydrogen-bond donors (Lipinski definition) is 0. The fourth-order valence-corrected chi connectivity index (χ4v) is 1.72. The smallest absolute Gasteiger partial charge is 0.136 e. The lowest BCUT2D eigenvalue weighted by atomic mass is 10.0. The maximum Gasteiger partial charge on any atom is 0.136 e. The quantitative estimate of drug-likeness (QED) is 0.749. The third-order valence-corrected chi connectivity index (χ3v) is 2.41. The second kappa shape index (κ2) is 3.61. The van der Waals surface area contributed by atoms with E-state index in [1.54, 1.807) is 0 Å². The second-order valence-electron chi connectivity index (χ2n) is 3.60. The van der Waals surface area contributed by atoms with Gasteiger partial charge >= 0.3 is 0 Å². The normalized spacial score (nSPS) is 13.5. The summed E-state index contributed by atoms with van der Waals surface area (Å²) < 4.78 is 32.2. The van der Waals surface area contributed by atoms with Crippen molar-refractivity contribution in [3.8, 4) is 5.75 Å². The molecule has 2 rings (SSSR count). The summed E-state index contributed by atoms with van der Waals surface area (Å²) in [5.74, 6) is -1.33. The Labute approximate surface area is 85.9 Å². The molecule has 0 saturated heterocycles. The van der Waals surface area contributed by atoms with E-state index in [-0.39, 0.29) is 23.5 Å². The van der Waals surface area contributed by atoms with Crippen LogP contribution in [0.2, 0.25) is 0 Å². The van der Waals surface area contributed by atoms with Gasteiger partial charge in [0, 0.05) is 30.0 Å². The molecule has 0 amide bonds. The average molecular weight is 212 g/mol. The van der Waals surface area contributed by atoms with E-state index in [0.717, 1.165) is 6.07 Å². The largest absolute Gasteiger partial charge is 0.493 e. The van der Waals surface area contributed by atoms with Crippen molar-refractivity contribution in [1.82, 2.24) is 0 Å². The minimum Gasteiger partial charge on any atom is -0.493 e. The Morgan fingerprint density at radius 2 is 2.27 bits per heavy atom. The summed E-state index contributed by atoms with van der Waals surface area (Å²) in [6.07, 6.45) is 0.233. The van der Waals surface area contributed by atoms with Crippen molar-refractivity contribution in [3.63, 3.8) is 0 Å². The molecule has 0 aliphatic carbocycles. The molecule has 0 bridgehead atoms. The highest BCUT2D eigenvalue weighted by Gasteiger charge is 2.23. The molecule has 0 fully saturated rings. The van der Waals surface area contributed by atoms with Crippen LogP contribution in [0.25, 0.3) is 0 Å². The summed E-state index contributed by atoms with van der Waals surface area (Å²) in [5.41, 5.74) is 0.236. The Hall–Kier alpha value is -1.45. The lowest BCUT2D eigenvalue weighted by Crippen LogP contribution is -2.04. The van der Waals surface area contributed by atoms with E-state index in [4.69, 9.17) is 4.74 Å². The average Bonchev–Trinajstić information content (AvgIpc) is 2.59. The molecule has 1 aliphatic heterocycles. The predicted octanol–water partition coefficient (Wildman–Crippen LogP) is 2.03. The van der Waals surface area contributed by atoms with Crippen LogP contribution >= 0.6 is 0 Å². The van der Waals surface area contributed by atoms with E-state index in [9.17, 15) is 13.6 Å². The SMILES string of the molecule is CC(=O)Cc1c(F)cc2c(c1F)CCO2. The standard InChI is InChI=1S/C11H10F2O2/c1-6(14)4-8-9(12)5-10-7(11(8)13)2-3-15-10/h5H,2-4H2,1H3. The first-order valence-electron chi connectivity index (χ1n) is 4.71. The third kappa shape index (κ3) is 1.71. The number of benzene rings is 1. The summed E-state index contributed by atoms with van der Waals surface area (Å²) in [6.45, 7) is 1.68. The number of ether oxygens (including phenoxy) is 1. The zero-order chi connectivity index (χ0) is 11.0. The van der Waals surface area contributed by atoms with Crippen molar-refractivity contribution >= 4 is 5.78 Å². The number of fused-ring (bicyclic) bond motifs is 1. The Balaban J connectivity index is 2.51. The first kappa shape index (κ1) is 10.1. The molecule has 1 aromatic carbocycles. The fraction of sp³-hybridized carbons (Fsp3) is 0.364. The van der Waals surface area contributed by atoms with Gasteiger partial charge in [-0.25, -0.2) is 8.78 Å². The molecule has 2 nitrogen and oxygen atoms in total. The first-order valence-corrected chi connectivity index (χ1v) is 4.71. The number of rotatable bonds is 2. The summed E-state index contributed by atoms with van der Waals surface area (Å²) in [5, 5.41) is 0. The van der Waals surface area contributed by atoms with E-state index in [2.05, 4.69) is 0 Å². The molecule has 0 saturated carbocycles. The molecule has 0 aromatic heterocycles. The Morgan fingerprint density at radius 3 is 2.93 bits per heavy atom. The molecule has 1 aliphatic rings. The van der Waals surface area contributed by atoms with Gasteiger partial charge in [-0.1, -0.05) is 0 Å². The minimum atomic E-state index is -0.705. The van der Waals surface area contributed by atoms with E-state index < -0.39 is 11.6 Å². The zero-order valence-corrected chi connectivity index (χ0v) is 8.27. The molecule has 4 heteroatoms. The highest BCUT2D eigenvalue weighted by atomic mass is 19.1. The summed E-state index contributed by atoms with van der Waals surface area (Å²) >= 11 is 0. The van der Waals surface area contributed by atoms with Gasteiger partial charge in [0.25, 0.3) is 0 Å². The lowest BCUT2D eigenvalue weighted by Gasteiger charge is -2.06. The van der Waals surface area contributed by atoms with Crippen molar-refractivity contribution < 1.29 is 18.3 Å². The molecular weight excluding hydrogens is 202 g/mol. The van der Waals surface area contributed by atoms with Gasteiger partial charge in [0.1, 0.15) is 23.2 Å². The lowest BCUT2D eigenvalue weighted by molar-refractivity contribution is -0.116. The van der Waals surface area contributed by atoms with Crippen LogP contribution in [-0.2, 0) is 17.6 Å². The van der Waals surface area contributed by atoms with Crippen molar-refractivity contribution in [2.75, 3.05) is 6.61 Å². The molecule has 0 atom stereocenters. The van der Waals surface area contributed by atoms with Crippen LogP contribution < -0.4 is 4.74 Å². The van der Waals surface area contributed by atoms with Crippen molar-refractivity contribution in [1.29, 1.82) is 0 Å². The van der Waals surface area contributed by atoms with Crippen LogP contribution in [0.1, 0.15) is 18.1 Å². The molecular formula is C11H10F2O2. The molecule has 0 spiro atoms. The molecule has 15 heavy (non-hydrogen) atoms. The maximum atomic E-state index is 13.7. The molecule has 80 valence electrons. The topological polar surface area (TPSA) is 26.3 Å². The molecule has 0 unspecified atom stereocenters. The van der Waals surface area contributed by atoms with Gasteiger partial charge in [-0.05, 0) is 6.92 Å². The number of hydrogen-bond acceptors (Lipinski definition) is 2. The van der Waals surface area contributed by atoms with E-state index in [0.29, 0.717) is 18.6 Å².